The molecule has 6 rings (SSSR count). The van der Waals surface area contributed by atoms with Gasteiger partial charge in [-0.3, -0.25) is 25.1 Å². The second-order valence-corrected chi connectivity index (χ2v) is 10.3. The van der Waals surface area contributed by atoms with Crippen LogP contribution in [0.5, 0.6) is 5.88 Å². The van der Waals surface area contributed by atoms with Crippen LogP contribution >= 0.6 is 0 Å². The number of anilines is 1. The fraction of sp³-hybridized carbons (Fsp3) is 0.379. The van der Waals surface area contributed by atoms with Crippen molar-refractivity contribution < 1.29 is 4.74 Å². The molecule has 0 bridgehead atoms. The molecule has 9 heteroatoms. The number of nitrogens with one attached hydrogen (secondary N) is 2. The van der Waals surface area contributed by atoms with Crippen molar-refractivity contribution in [2.75, 3.05) is 38.7 Å². The summed E-state index contributed by atoms with van der Waals surface area (Å²) in [6, 6.07) is 12.1. The predicted molar refractivity (Wildman–Crippen MR) is 148 cm³/mol. The first-order chi connectivity index (χ1) is 18.6. The molecule has 3 aromatic heterocycles. The number of fused-ring (bicyclic) bond motifs is 1. The van der Waals surface area contributed by atoms with Gasteiger partial charge in [-0.1, -0.05) is 25.0 Å². The minimum atomic E-state index is -0.165. The number of nitrogens with zero attached hydrogens (tertiary/aromatic N) is 5. The Labute approximate surface area is 221 Å². The van der Waals surface area contributed by atoms with Crippen molar-refractivity contribution in [2.45, 2.75) is 37.6 Å². The van der Waals surface area contributed by atoms with Crippen LogP contribution in [-0.4, -0.2) is 63.4 Å². The molecule has 0 atom stereocenters. The van der Waals surface area contributed by atoms with Gasteiger partial charge in [0.25, 0.3) is 5.56 Å². The van der Waals surface area contributed by atoms with Gasteiger partial charge in [0.2, 0.25) is 5.88 Å². The molecule has 2 fully saturated rings. The van der Waals surface area contributed by atoms with E-state index < -0.39 is 0 Å². The number of aromatic nitrogens is 4. The largest absolute Gasteiger partial charge is 0.480 e. The lowest BCUT2D eigenvalue weighted by molar-refractivity contribution is 0.136. The van der Waals surface area contributed by atoms with E-state index in [1.807, 2.05) is 24.3 Å². The third-order valence-corrected chi connectivity index (χ3v) is 7.81. The molecule has 1 aromatic carbocycles. The van der Waals surface area contributed by atoms with E-state index in [9.17, 15) is 4.79 Å². The van der Waals surface area contributed by atoms with Crippen LogP contribution in [0, 0.1) is 0 Å². The van der Waals surface area contributed by atoms with Gasteiger partial charge in [-0.15, -0.1) is 0 Å². The summed E-state index contributed by atoms with van der Waals surface area (Å²) in [7, 11) is 1.54. The fourth-order valence-corrected chi connectivity index (χ4v) is 5.73. The smallest absolute Gasteiger partial charge is 0.278 e. The molecular formula is C29H33N7O2. The molecule has 4 aromatic rings. The van der Waals surface area contributed by atoms with Gasteiger partial charge in [-0.25, -0.2) is 9.66 Å². The monoisotopic (exact) mass is 511 g/mol. The van der Waals surface area contributed by atoms with E-state index in [4.69, 9.17) is 4.74 Å². The highest BCUT2D eigenvalue weighted by Gasteiger charge is 2.37. The zero-order valence-electron chi connectivity index (χ0n) is 21.7. The number of piperazine rings is 1. The maximum Gasteiger partial charge on any atom is 0.278 e. The quantitative estimate of drug-likeness (QED) is 0.389. The first-order valence-electron chi connectivity index (χ1n) is 13.3. The number of benzene rings is 1. The van der Waals surface area contributed by atoms with Crippen molar-refractivity contribution in [2.24, 2.45) is 0 Å². The minimum Gasteiger partial charge on any atom is -0.480 e. The Morgan fingerprint density at radius 2 is 1.92 bits per heavy atom. The normalized spacial score (nSPS) is 17.2. The topological polar surface area (TPSA) is 97.2 Å². The molecule has 2 N–H and O–H groups in total. The number of rotatable bonds is 7. The van der Waals surface area contributed by atoms with Crippen LogP contribution in [0.15, 0.2) is 66.0 Å². The number of ether oxygens (including phenoxy) is 1. The summed E-state index contributed by atoms with van der Waals surface area (Å²) in [5.41, 5.74) is 6.78. The van der Waals surface area contributed by atoms with Gasteiger partial charge in [0.1, 0.15) is 5.69 Å². The zero-order valence-corrected chi connectivity index (χ0v) is 21.7. The van der Waals surface area contributed by atoms with Gasteiger partial charge >= 0.3 is 0 Å². The van der Waals surface area contributed by atoms with E-state index in [2.05, 4.69) is 42.7 Å². The summed E-state index contributed by atoms with van der Waals surface area (Å²) < 4.78 is 6.65. The second kappa shape index (κ2) is 10.5. The van der Waals surface area contributed by atoms with Crippen LogP contribution < -0.4 is 21.0 Å². The molecule has 0 amide bonds. The summed E-state index contributed by atoms with van der Waals surface area (Å²) >= 11 is 0. The van der Waals surface area contributed by atoms with Gasteiger partial charge in [-0.2, -0.15) is 0 Å². The average molecular weight is 512 g/mol. The number of pyridine rings is 2. The van der Waals surface area contributed by atoms with Crippen molar-refractivity contribution in [3.63, 3.8) is 0 Å². The van der Waals surface area contributed by atoms with Crippen LogP contribution in [0.4, 0.5) is 5.69 Å². The van der Waals surface area contributed by atoms with Crippen LogP contribution in [0.3, 0.4) is 0 Å². The Morgan fingerprint density at radius 3 is 2.74 bits per heavy atom. The highest BCUT2D eigenvalue weighted by atomic mass is 16.5. The molecular weight excluding hydrogens is 478 g/mol. The number of methoxy groups -OCH3 is 1. The van der Waals surface area contributed by atoms with E-state index in [1.165, 1.54) is 42.5 Å². The van der Waals surface area contributed by atoms with Crippen LogP contribution in [-0.2, 0) is 6.42 Å². The SMILES string of the molecule is COc1cncc(-c2cc3ccn(Nc4ccc(CCN5CCNC6(CCCC6)C5)cc4)c(=O)c3cn2)n1. The zero-order chi connectivity index (χ0) is 26.0. The van der Waals surface area contributed by atoms with Crippen molar-refractivity contribution in [1.29, 1.82) is 0 Å². The Balaban J connectivity index is 1.11. The van der Waals surface area contributed by atoms with E-state index in [1.54, 1.807) is 31.9 Å². The molecule has 4 heterocycles. The molecule has 1 saturated carbocycles. The van der Waals surface area contributed by atoms with Gasteiger partial charge in [0.05, 0.1) is 36.3 Å². The second-order valence-electron chi connectivity index (χ2n) is 10.3. The molecule has 2 aliphatic rings. The summed E-state index contributed by atoms with van der Waals surface area (Å²) in [6.45, 7) is 4.46. The highest BCUT2D eigenvalue weighted by molar-refractivity contribution is 5.84. The van der Waals surface area contributed by atoms with Gasteiger partial charge in [-0.05, 0) is 54.5 Å². The molecule has 1 spiro atoms. The molecule has 0 unspecified atom stereocenters. The van der Waals surface area contributed by atoms with Gasteiger partial charge in [0.15, 0.2) is 0 Å². The number of hydrogen-bond acceptors (Lipinski definition) is 8. The van der Waals surface area contributed by atoms with Crippen molar-refractivity contribution in [3.05, 3.63) is 77.1 Å². The standard InChI is InChI=1S/C29H33N7O2/c1-38-27-19-30-18-26(33-27)25-16-22-9-14-36(28(37)24(22)17-31-25)34-23-6-4-21(5-7-23)8-13-35-15-12-32-29(20-35)10-2-3-11-29/h4-7,9,14,16-19,32,34H,2-3,8,10-13,15,20H2,1H3. The summed E-state index contributed by atoms with van der Waals surface area (Å²) in [4.78, 5) is 28.7. The molecule has 1 aliphatic heterocycles. The van der Waals surface area contributed by atoms with E-state index in [0.29, 0.717) is 28.2 Å². The highest BCUT2D eigenvalue weighted by Crippen LogP contribution is 2.32. The molecule has 1 saturated heterocycles. The van der Waals surface area contributed by atoms with E-state index in [0.717, 1.165) is 37.1 Å². The van der Waals surface area contributed by atoms with E-state index in [-0.39, 0.29) is 5.56 Å². The average Bonchev–Trinajstić information content (AvgIpc) is 3.41. The molecule has 1 aliphatic carbocycles. The lowest BCUT2D eigenvalue weighted by Gasteiger charge is -2.41. The lowest BCUT2D eigenvalue weighted by atomic mass is 9.94. The van der Waals surface area contributed by atoms with Crippen molar-refractivity contribution in [3.8, 4) is 17.3 Å². The van der Waals surface area contributed by atoms with Gasteiger partial charge in [0, 0.05) is 44.1 Å². The molecule has 196 valence electrons. The Hall–Kier alpha value is -3.82. The minimum absolute atomic E-state index is 0.165. The third kappa shape index (κ3) is 5.12. The van der Waals surface area contributed by atoms with E-state index >= 15 is 0 Å². The summed E-state index contributed by atoms with van der Waals surface area (Å²) in [5, 5.41) is 5.09. The molecule has 0 radical (unpaired) electrons. The maximum absolute atomic E-state index is 13.1. The maximum atomic E-state index is 13.1. The Kier molecular flexibility index (Phi) is 6.78. The molecule has 9 nitrogen and oxygen atoms in total. The Morgan fingerprint density at radius 1 is 1.08 bits per heavy atom. The molecule has 38 heavy (non-hydrogen) atoms. The lowest BCUT2D eigenvalue weighted by Crippen LogP contribution is -2.59. The first kappa shape index (κ1) is 24.5. The first-order valence-corrected chi connectivity index (χ1v) is 13.3. The van der Waals surface area contributed by atoms with Crippen molar-refractivity contribution >= 4 is 16.5 Å². The van der Waals surface area contributed by atoms with Crippen LogP contribution in [0.25, 0.3) is 22.2 Å². The third-order valence-electron chi connectivity index (χ3n) is 7.81. The van der Waals surface area contributed by atoms with Gasteiger partial charge < -0.3 is 10.1 Å². The predicted octanol–water partition coefficient (Wildman–Crippen LogP) is 3.50. The van der Waals surface area contributed by atoms with Crippen molar-refractivity contribution in [1.82, 2.24) is 29.8 Å². The fourth-order valence-electron chi connectivity index (χ4n) is 5.73. The Bertz CT molecular complexity index is 1480. The summed E-state index contributed by atoms with van der Waals surface area (Å²) in [6.07, 6.45) is 12.8. The van der Waals surface area contributed by atoms with Crippen LogP contribution in [0.1, 0.15) is 31.2 Å². The summed E-state index contributed by atoms with van der Waals surface area (Å²) in [5.74, 6) is 0.413. The number of hydrogen-bond donors (Lipinski definition) is 2. The van der Waals surface area contributed by atoms with Crippen LogP contribution in [0.2, 0.25) is 0 Å².